The van der Waals surface area contributed by atoms with Crippen molar-refractivity contribution in [1.82, 2.24) is 15.5 Å². The van der Waals surface area contributed by atoms with E-state index in [4.69, 9.17) is 14.2 Å². The monoisotopic (exact) mass is 483 g/mol. The van der Waals surface area contributed by atoms with Gasteiger partial charge in [0.1, 0.15) is 0 Å². The zero-order valence-corrected chi connectivity index (χ0v) is 20.8. The van der Waals surface area contributed by atoms with Crippen LogP contribution in [0.4, 0.5) is 0 Å². The number of rotatable bonds is 13. The summed E-state index contributed by atoms with van der Waals surface area (Å²) in [6.07, 6.45) is 6.31. The van der Waals surface area contributed by atoms with Gasteiger partial charge in [-0.05, 0) is 60.6 Å². The Morgan fingerprint density at radius 1 is 1.09 bits per heavy atom. The van der Waals surface area contributed by atoms with Crippen molar-refractivity contribution in [3.8, 4) is 11.5 Å². The molecular weight excluding hydrogens is 449 g/mol. The fraction of sp³-hybridized carbons (Fsp3) is 0.385. The molecular formula is C26H34N3O4P. The van der Waals surface area contributed by atoms with E-state index < -0.39 is 7.60 Å². The van der Waals surface area contributed by atoms with E-state index in [-0.39, 0.29) is 6.16 Å². The van der Waals surface area contributed by atoms with E-state index in [0.29, 0.717) is 31.3 Å². The second-order valence-corrected chi connectivity index (χ2v) is 10.1. The van der Waals surface area contributed by atoms with E-state index in [1.165, 1.54) is 11.1 Å². The first-order chi connectivity index (χ1) is 16.4. The minimum absolute atomic E-state index is 0.0997. The van der Waals surface area contributed by atoms with Gasteiger partial charge in [0.05, 0.1) is 6.16 Å². The molecule has 0 fully saturated rings. The molecule has 3 N–H and O–H groups in total. The summed E-state index contributed by atoms with van der Waals surface area (Å²) in [7, 11) is -3.93. The van der Waals surface area contributed by atoms with Crippen molar-refractivity contribution < 1.29 is 18.8 Å². The number of allylic oxidation sites excluding steroid dienone is 1. The predicted octanol–water partition coefficient (Wildman–Crippen LogP) is 5.69. The van der Waals surface area contributed by atoms with Crippen molar-refractivity contribution in [3.05, 3.63) is 71.1 Å². The Bertz CT molecular complexity index is 1120. The number of aromatic nitrogens is 2. The summed E-state index contributed by atoms with van der Waals surface area (Å²) in [6, 6.07) is 16.4. The van der Waals surface area contributed by atoms with Crippen molar-refractivity contribution >= 4 is 19.2 Å². The molecule has 1 heterocycles. The van der Waals surface area contributed by atoms with Crippen molar-refractivity contribution in [2.75, 3.05) is 12.7 Å². The maximum Gasteiger partial charge on any atom is 0.325 e. The molecule has 182 valence electrons. The topological polar surface area (TPSA) is 108 Å². The largest absolute Gasteiger partial charge is 0.417 e. The molecule has 0 radical (unpaired) electrons. The molecule has 0 atom stereocenters. The molecule has 0 unspecified atom stereocenters. The van der Waals surface area contributed by atoms with Gasteiger partial charge in [-0.1, -0.05) is 62.7 Å². The smallest absolute Gasteiger partial charge is 0.325 e. The standard InChI is InChI=1S/C26H34N3O4P/c1-3-5-10-23(22-11-7-6-8-12-22)18-25-28-29-26(33-25)24-14-13-20(17-21(24)4-2)19-27-15-9-16-34(30,31)32/h6-8,11-14,17-18,27H,3-5,9-10,15-16,19H2,1-2H3,(H2,30,31,32). The zero-order chi connectivity index (χ0) is 24.4. The van der Waals surface area contributed by atoms with Crippen LogP contribution in [0, 0.1) is 0 Å². The highest BCUT2D eigenvalue weighted by atomic mass is 31.2. The molecule has 0 aliphatic rings. The fourth-order valence-corrected chi connectivity index (χ4v) is 4.34. The molecule has 0 saturated heterocycles. The Labute approximate surface area is 201 Å². The quantitative estimate of drug-likeness (QED) is 0.212. The Kier molecular flexibility index (Phi) is 9.78. The molecule has 0 aliphatic carbocycles. The summed E-state index contributed by atoms with van der Waals surface area (Å²) < 4.78 is 17.0. The number of hydrogen-bond acceptors (Lipinski definition) is 5. The van der Waals surface area contributed by atoms with Crippen LogP contribution in [-0.2, 0) is 17.5 Å². The van der Waals surface area contributed by atoms with Crippen LogP contribution in [0.25, 0.3) is 23.1 Å². The molecule has 0 bridgehead atoms. The second-order valence-electron chi connectivity index (χ2n) is 8.35. The van der Waals surface area contributed by atoms with Crippen molar-refractivity contribution in [2.45, 2.75) is 52.5 Å². The molecule has 34 heavy (non-hydrogen) atoms. The molecule has 8 heteroatoms. The van der Waals surface area contributed by atoms with E-state index >= 15 is 0 Å². The zero-order valence-electron chi connectivity index (χ0n) is 19.9. The summed E-state index contributed by atoms with van der Waals surface area (Å²) >= 11 is 0. The van der Waals surface area contributed by atoms with E-state index in [1.807, 2.05) is 36.4 Å². The van der Waals surface area contributed by atoms with Gasteiger partial charge in [-0.2, -0.15) is 0 Å². The number of unbranched alkanes of at least 4 members (excludes halogenated alkanes) is 1. The summed E-state index contributed by atoms with van der Waals surface area (Å²) in [6.45, 7) is 5.45. The average molecular weight is 484 g/mol. The third kappa shape index (κ3) is 8.03. The van der Waals surface area contributed by atoms with Crippen molar-refractivity contribution in [3.63, 3.8) is 0 Å². The number of aryl methyl sites for hydroxylation is 1. The lowest BCUT2D eigenvalue weighted by molar-refractivity contribution is 0.371. The summed E-state index contributed by atoms with van der Waals surface area (Å²) in [5.41, 5.74) is 5.50. The maximum absolute atomic E-state index is 10.9. The minimum Gasteiger partial charge on any atom is -0.417 e. The summed E-state index contributed by atoms with van der Waals surface area (Å²) in [5.74, 6) is 1.01. The molecule has 3 rings (SSSR count). The van der Waals surface area contributed by atoms with Crippen LogP contribution in [-0.4, -0.2) is 32.7 Å². The Morgan fingerprint density at radius 3 is 2.59 bits per heavy atom. The average Bonchev–Trinajstić information content (AvgIpc) is 3.29. The lowest BCUT2D eigenvalue weighted by Crippen LogP contribution is -2.16. The van der Waals surface area contributed by atoms with Gasteiger partial charge in [-0.25, -0.2) is 0 Å². The van der Waals surface area contributed by atoms with Gasteiger partial charge in [0.15, 0.2) is 0 Å². The maximum atomic E-state index is 10.9. The van der Waals surface area contributed by atoms with Gasteiger partial charge in [-0.15, -0.1) is 10.2 Å². The number of benzene rings is 2. The molecule has 0 amide bonds. The first kappa shape index (κ1) is 26.0. The van der Waals surface area contributed by atoms with Crippen molar-refractivity contribution in [1.29, 1.82) is 0 Å². The van der Waals surface area contributed by atoms with E-state index in [9.17, 15) is 4.57 Å². The Hall–Kier alpha value is -2.57. The van der Waals surface area contributed by atoms with Crippen LogP contribution >= 0.6 is 7.60 Å². The Morgan fingerprint density at radius 2 is 1.88 bits per heavy atom. The molecule has 0 saturated carbocycles. The van der Waals surface area contributed by atoms with Crippen LogP contribution in [0.5, 0.6) is 0 Å². The molecule has 7 nitrogen and oxygen atoms in total. The van der Waals surface area contributed by atoms with E-state index in [0.717, 1.165) is 42.4 Å². The van der Waals surface area contributed by atoms with Crippen LogP contribution < -0.4 is 5.32 Å². The van der Waals surface area contributed by atoms with Gasteiger partial charge in [-0.3, -0.25) is 4.57 Å². The lowest BCUT2D eigenvalue weighted by atomic mass is 10.00. The molecule has 0 aliphatic heterocycles. The summed E-state index contributed by atoms with van der Waals surface area (Å²) in [5, 5.41) is 11.8. The number of hydrogen-bond donors (Lipinski definition) is 3. The molecule has 1 aromatic heterocycles. The van der Waals surface area contributed by atoms with Gasteiger partial charge >= 0.3 is 7.60 Å². The third-order valence-corrected chi connectivity index (χ3v) is 6.49. The van der Waals surface area contributed by atoms with Crippen LogP contribution in [0.3, 0.4) is 0 Å². The molecule has 0 spiro atoms. The fourth-order valence-electron chi connectivity index (χ4n) is 3.77. The molecule has 2 aromatic carbocycles. The van der Waals surface area contributed by atoms with E-state index in [2.05, 4.69) is 47.6 Å². The highest BCUT2D eigenvalue weighted by Gasteiger charge is 2.14. The summed E-state index contributed by atoms with van der Waals surface area (Å²) in [4.78, 5) is 17.9. The minimum atomic E-state index is -3.93. The molecule has 3 aromatic rings. The highest BCUT2D eigenvalue weighted by molar-refractivity contribution is 7.51. The van der Waals surface area contributed by atoms with E-state index in [1.54, 1.807) is 0 Å². The highest BCUT2D eigenvalue weighted by Crippen LogP contribution is 2.34. The number of nitrogens with zero attached hydrogens (tertiary/aromatic N) is 2. The van der Waals surface area contributed by atoms with Crippen molar-refractivity contribution in [2.24, 2.45) is 0 Å². The van der Waals surface area contributed by atoms with Gasteiger partial charge < -0.3 is 19.5 Å². The van der Waals surface area contributed by atoms with Crippen LogP contribution in [0.15, 0.2) is 52.9 Å². The van der Waals surface area contributed by atoms with Gasteiger partial charge in [0.2, 0.25) is 11.8 Å². The first-order valence-corrected chi connectivity index (χ1v) is 13.7. The lowest BCUT2D eigenvalue weighted by Gasteiger charge is -2.09. The SMILES string of the molecule is CCCCC(=Cc1nnc(-c2ccc(CNCCCP(=O)(O)O)cc2CC)o1)c1ccccc1. The van der Waals surface area contributed by atoms with Crippen LogP contribution in [0.1, 0.15) is 62.1 Å². The normalized spacial score (nSPS) is 12.3. The predicted molar refractivity (Wildman–Crippen MR) is 136 cm³/mol. The van der Waals surface area contributed by atoms with Gasteiger partial charge in [0.25, 0.3) is 0 Å². The third-order valence-electron chi connectivity index (χ3n) is 5.60. The van der Waals surface area contributed by atoms with Crippen LogP contribution in [0.2, 0.25) is 0 Å². The first-order valence-electron chi connectivity index (χ1n) is 11.9. The number of nitrogens with one attached hydrogen (secondary N) is 1. The Balaban J connectivity index is 1.72. The second kappa shape index (κ2) is 12.8. The van der Waals surface area contributed by atoms with Gasteiger partial charge in [0, 0.05) is 18.2 Å².